The molecule has 1 aliphatic rings. The van der Waals surface area contributed by atoms with Crippen molar-refractivity contribution in [1.29, 1.82) is 0 Å². The number of anilines is 1. The number of benzene rings is 2. The molecule has 2 aromatic carbocycles. The van der Waals surface area contributed by atoms with Crippen LogP contribution in [-0.4, -0.2) is 44.4 Å². The Balaban J connectivity index is 1.60. The average molecular weight is 490 g/mol. The molecule has 35 heavy (non-hydrogen) atoms. The molecule has 3 heterocycles. The van der Waals surface area contributed by atoms with Crippen LogP contribution in [0.4, 0.5) is 5.69 Å². The number of ether oxygens (including phenoxy) is 1. The minimum absolute atomic E-state index is 0.0767. The first-order valence-corrected chi connectivity index (χ1v) is 12.0. The molecule has 0 bridgehead atoms. The molecule has 0 saturated heterocycles. The Hall–Kier alpha value is -3.92. The third-order valence-electron chi connectivity index (χ3n) is 6.14. The maximum absolute atomic E-state index is 13.1. The number of aromatic nitrogens is 4. The number of carbonyl (C=O) groups is 1. The molecule has 0 N–H and O–H groups in total. The van der Waals surface area contributed by atoms with Crippen molar-refractivity contribution < 1.29 is 9.53 Å². The Morgan fingerprint density at radius 1 is 1.03 bits per heavy atom. The first-order chi connectivity index (χ1) is 16.9. The normalized spacial score (nSPS) is 12.7. The van der Waals surface area contributed by atoms with Gasteiger partial charge in [0.2, 0.25) is 5.91 Å². The van der Waals surface area contributed by atoms with Gasteiger partial charge in [0.25, 0.3) is 5.56 Å². The molecule has 1 aliphatic heterocycles. The van der Waals surface area contributed by atoms with Crippen LogP contribution in [0.5, 0.6) is 5.75 Å². The number of fused-ring (bicyclic) bond motifs is 2. The van der Waals surface area contributed by atoms with Crippen molar-refractivity contribution in [3.8, 4) is 17.1 Å². The second kappa shape index (κ2) is 9.03. The third kappa shape index (κ3) is 3.89. The summed E-state index contributed by atoms with van der Waals surface area (Å²) in [7, 11) is 4.52. The molecule has 0 atom stereocenters. The van der Waals surface area contributed by atoms with E-state index < -0.39 is 11.2 Å². The summed E-state index contributed by atoms with van der Waals surface area (Å²) in [4.78, 5) is 49.9. The first kappa shape index (κ1) is 22.9. The summed E-state index contributed by atoms with van der Waals surface area (Å²) in [5, 5.41) is 0.542. The molecule has 1 amide bonds. The molecular weight excluding hydrogens is 466 g/mol. The van der Waals surface area contributed by atoms with Gasteiger partial charge in [0.15, 0.2) is 11.5 Å². The van der Waals surface area contributed by atoms with E-state index in [2.05, 4.69) is 9.97 Å². The second-order valence-corrected chi connectivity index (χ2v) is 9.13. The number of carbonyl (C=O) groups excluding carboxylic acids is 1. The fourth-order valence-electron chi connectivity index (χ4n) is 4.29. The quantitative estimate of drug-likeness (QED) is 0.314. The highest BCUT2D eigenvalue weighted by atomic mass is 32.2. The number of rotatable bonds is 5. The first-order valence-electron chi connectivity index (χ1n) is 11.0. The minimum atomic E-state index is -0.504. The van der Waals surface area contributed by atoms with Crippen LogP contribution in [0.2, 0.25) is 0 Å². The number of methoxy groups -OCH3 is 1. The van der Waals surface area contributed by atoms with Crippen molar-refractivity contribution >= 4 is 34.4 Å². The molecule has 178 valence electrons. The van der Waals surface area contributed by atoms with Crippen molar-refractivity contribution in [3.05, 3.63) is 74.9 Å². The Morgan fingerprint density at radius 2 is 1.77 bits per heavy atom. The smallest absolute Gasteiger partial charge is 0.332 e. The number of aryl methyl sites for hydroxylation is 1. The van der Waals surface area contributed by atoms with Gasteiger partial charge in [-0.25, -0.2) is 14.8 Å². The zero-order chi connectivity index (χ0) is 24.7. The predicted molar refractivity (Wildman–Crippen MR) is 135 cm³/mol. The van der Waals surface area contributed by atoms with Crippen LogP contribution in [0, 0.1) is 0 Å². The van der Waals surface area contributed by atoms with E-state index in [9.17, 15) is 14.4 Å². The third-order valence-corrected chi connectivity index (χ3v) is 7.10. The predicted octanol–water partition coefficient (Wildman–Crippen LogP) is 2.38. The molecule has 10 heteroatoms. The maximum atomic E-state index is 13.1. The fourth-order valence-corrected chi connectivity index (χ4v) is 5.18. The SMILES string of the molecule is COc1ccccc1-c1nc(SCC(=O)N2CCc3ccccc32)c2c(=O)n(C)c(=O)n(C)c2n1. The van der Waals surface area contributed by atoms with Crippen molar-refractivity contribution in [2.75, 3.05) is 24.3 Å². The largest absolute Gasteiger partial charge is 0.496 e. The van der Waals surface area contributed by atoms with Crippen LogP contribution in [-0.2, 0) is 25.3 Å². The van der Waals surface area contributed by atoms with Crippen LogP contribution >= 0.6 is 11.8 Å². The molecule has 0 fully saturated rings. The van der Waals surface area contributed by atoms with Gasteiger partial charge in [-0.1, -0.05) is 42.1 Å². The standard InChI is InChI=1S/C25H23N5O4S/c1-28-22-20(24(32)29(2)25(28)33)23(27-21(26-22)16-9-5-7-11-18(16)34-3)35-14-19(31)30-13-12-15-8-4-6-10-17(15)30/h4-11H,12-14H2,1-3H3. The highest BCUT2D eigenvalue weighted by molar-refractivity contribution is 8.00. The van der Waals surface area contributed by atoms with Gasteiger partial charge in [0.05, 0.1) is 18.4 Å². The van der Waals surface area contributed by atoms with E-state index in [0.29, 0.717) is 28.7 Å². The topological polar surface area (TPSA) is 99.3 Å². The van der Waals surface area contributed by atoms with Gasteiger partial charge in [0, 0.05) is 26.3 Å². The summed E-state index contributed by atoms with van der Waals surface area (Å²) < 4.78 is 7.81. The summed E-state index contributed by atoms with van der Waals surface area (Å²) in [5.41, 5.74) is 1.88. The summed E-state index contributed by atoms with van der Waals surface area (Å²) >= 11 is 1.17. The van der Waals surface area contributed by atoms with Gasteiger partial charge in [-0.05, 0) is 30.2 Å². The van der Waals surface area contributed by atoms with Gasteiger partial charge in [-0.15, -0.1) is 0 Å². The molecule has 0 saturated carbocycles. The Labute approximate surface area is 205 Å². The molecule has 0 unspecified atom stereocenters. The van der Waals surface area contributed by atoms with Crippen molar-refractivity contribution in [2.24, 2.45) is 14.1 Å². The highest BCUT2D eigenvalue weighted by Gasteiger charge is 2.25. The van der Waals surface area contributed by atoms with Crippen LogP contribution < -0.4 is 20.9 Å². The zero-order valence-corrected chi connectivity index (χ0v) is 20.3. The highest BCUT2D eigenvalue weighted by Crippen LogP contribution is 2.32. The number of hydrogen-bond acceptors (Lipinski definition) is 7. The van der Waals surface area contributed by atoms with Crippen LogP contribution in [0.15, 0.2) is 63.1 Å². The number of hydrogen-bond donors (Lipinski definition) is 0. The summed E-state index contributed by atoms with van der Waals surface area (Å²) in [6.07, 6.45) is 0.809. The lowest BCUT2D eigenvalue weighted by molar-refractivity contribution is -0.116. The summed E-state index contributed by atoms with van der Waals surface area (Å²) in [6.45, 7) is 0.617. The molecular formula is C25H23N5O4S. The lowest BCUT2D eigenvalue weighted by Crippen LogP contribution is -2.37. The minimum Gasteiger partial charge on any atom is -0.496 e. The van der Waals surface area contributed by atoms with E-state index in [1.807, 2.05) is 36.4 Å². The van der Waals surface area contributed by atoms with Crippen LogP contribution in [0.25, 0.3) is 22.4 Å². The monoisotopic (exact) mass is 489 g/mol. The van der Waals surface area contributed by atoms with Gasteiger partial charge < -0.3 is 9.64 Å². The second-order valence-electron chi connectivity index (χ2n) is 8.17. The lowest BCUT2D eigenvalue weighted by Gasteiger charge is -2.17. The van der Waals surface area contributed by atoms with E-state index in [4.69, 9.17) is 4.74 Å². The zero-order valence-electron chi connectivity index (χ0n) is 19.5. The van der Waals surface area contributed by atoms with Crippen molar-refractivity contribution in [3.63, 3.8) is 0 Å². The van der Waals surface area contributed by atoms with Crippen molar-refractivity contribution in [2.45, 2.75) is 11.4 Å². The molecule has 0 spiro atoms. The number of nitrogens with zero attached hydrogens (tertiary/aromatic N) is 5. The molecule has 2 aromatic heterocycles. The lowest BCUT2D eigenvalue weighted by atomic mass is 10.2. The Kier molecular flexibility index (Phi) is 5.89. The summed E-state index contributed by atoms with van der Waals surface area (Å²) in [5.74, 6) is 0.867. The number of para-hydroxylation sites is 2. The molecule has 4 aromatic rings. The maximum Gasteiger partial charge on any atom is 0.332 e. The van der Waals surface area contributed by atoms with Gasteiger partial charge in [0.1, 0.15) is 16.2 Å². The Morgan fingerprint density at radius 3 is 2.57 bits per heavy atom. The number of thioether (sulfide) groups is 1. The number of amides is 1. The fraction of sp³-hybridized carbons (Fsp3) is 0.240. The van der Waals surface area contributed by atoms with Gasteiger partial charge in [-0.3, -0.25) is 18.7 Å². The van der Waals surface area contributed by atoms with E-state index in [-0.39, 0.29) is 22.7 Å². The average Bonchev–Trinajstić information content (AvgIpc) is 3.33. The van der Waals surface area contributed by atoms with Gasteiger partial charge >= 0.3 is 5.69 Å². The van der Waals surface area contributed by atoms with E-state index in [0.717, 1.165) is 22.2 Å². The summed E-state index contributed by atoms with van der Waals surface area (Å²) in [6, 6.07) is 15.1. The van der Waals surface area contributed by atoms with E-state index in [1.165, 1.54) is 23.4 Å². The molecule has 9 nitrogen and oxygen atoms in total. The molecule has 0 radical (unpaired) electrons. The molecule has 0 aliphatic carbocycles. The van der Waals surface area contributed by atoms with Gasteiger partial charge in [-0.2, -0.15) is 0 Å². The van der Waals surface area contributed by atoms with Crippen molar-refractivity contribution in [1.82, 2.24) is 19.1 Å². The van der Waals surface area contributed by atoms with Crippen LogP contribution in [0.1, 0.15) is 5.56 Å². The van der Waals surface area contributed by atoms with E-state index in [1.54, 1.807) is 31.2 Å². The van der Waals surface area contributed by atoms with E-state index >= 15 is 0 Å². The molecule has 5 rings (SSSR count). The van der Waals surface area contributed by atoms with Crippen LogP contribution in [0.3, 0.4) is 0 Å². The Bertz CT molecular complexity index is 1590.